The summed E-state index contributed by atoms with van der Waals surface area (Å²) in [5.74, 6) is 0.00329. The summed E-state index contributed by atoms with van der Waals surface area (Å²) in [4.78, 5) is 0. The van der Waals surface area contributed by atoms with Crippen molar-refractivity contribution in [3.05, 3.63) is 34.4 Å². The Morgan fingerprint density at radius 1 is 1.44 bits per heavy atom. The van der Waals surface area contributed by atoms with Crippen LogP contribution in [0.4, 0.5) is 4.39 Å². The van der Waals surface area contributed by atoms with E-state index in [0.717, 1.165) is 4.47 Å². The molecule has 1 heterocycles. The number of nitrogens with two attached hydrogens (primary N) is 1. The van der Waals surface area contributed by atoms with Crippen LogP contribution < -0.4 is 5.73 Å². The SMILES string of the molecule is CC(N)c1nnc(-c2cc(Br)ccc2F)o1. The molecule has 4 nitrogen and oxygen atoms in total. The van der Waals surface area contributed by atoms with Crippen molar-refractivity contribution in [1.29, 1.82) is 0 Å². The Bertz CT molecular complexity index is 513. The fourth-order valence-electron chi connectivity index (χ4n) is 1.19. The minimum Gasteiger partial charge on any atom is -0.419 e. The third-order valence-electron chi connectivity index (χ3n) is 1.99. The van der Waals surface area contributed by atoms with E-state index in [1.807, 2.05) is 0 Å². The lowest BCUT2D eigenvalue weighted by Gasteiger charge is -1.99. The van der Waals surface area contributed by atoms with Crippen LogP contribution >= 0.6 is 15.9 Å². The maximum atomic E-state index is 13.5. The lowest BCUT2D eigenvalue weighted by atomic mass is 10.2. The van der Waals surface area contributed by atoms with Crippen LogP contribution in [0, 0.1) is 5.82 Å². The van der Waals surface area contributed by atoms with Crippen molar-refractivity contribution in [2.75, 3.05) is 0 Å². The smallest absolute Gasteiger partial charge is 0.250 e. The van der Waals surface area contributed by atoms with Crippen molar-refractivity contribution in [1.82, 2.24) is 10.2 Å². The molecule has 0 radical (unpaired) electrons. The van der Waals surface area contributed by atoms with Gasteiger partial charge in [-0.2, -0.15) is 0 Å². The normalized spacial score (nSPS) is 12.8. The summed E-state index contributed by atoms with van der Waals surface area (Å²) in [6.07, 6.45) is 0. The van der Waals surface area contributed by atoms with Gasteiger partial charge in [0, 0.05) is 4.47 Å². The van der Waals surface area contributed by atoms with Gasteiger partial charge in [-0.05, 0) is 25.1 Å². The molecular weight excluding hydrogens is 277 g/mol. The van der Waals surface area contributed by atoms with Gasteiger partial charge in [-0.15, -0.1) is 10.2 Å². The molecule has 2 aromatic rings. The molecule has 1 aromatic heterocycles. The van der Waals surface area contributed by atoms with Gasteiger partial charge in [0.2, 0.25) is 5.89 Å². The average Bonchev–Trinajstić information content (AvgIpc) is 2.70. The second-order valence-corrected chi connectivity index (χ2v) is 4.27. The third-order valence-corrected chi connectivity index (χ3v) is 2.48. The van der Waals surface area contributed by atoms with E-state index in [1.54, 1.807) is 19.1 Å². The molecule has 0 spiro atoms. The molecule has 0 aliphatic carbocycles. The van der Waals surface area contributed by atoms with Gasteiger partial charge < -0.3 is 10.2 Å². The van der Waals surface area contributed by atoms with E-state index in [9.17, 15) is 4.39 Å². The quantitative estimate of drug-likeness (QED) is 0.921. The molecule has 84 valence electrons. The van der Waals surface area contributed by atoms with Crippen molar-refractivity contribution in [2.24, 2.45) is 5.73 Å². The van der Waals surface area contributed by atoms with Crippen LogP contribution in [0.15, 0.2) is 27.1 Å². The molecular formula is C10H9BrFN3O. The van der Waals surface area contributed by atoms with Gasteiger partial charge in [-0.3, -0.25) is 0 Å². The predicted octanol–water partition coefficient (Wildman–Crippen LogP) is 2.66. The van der Waals surface area contributed by atoms with E-state index in [-0.39, 0.29) is 23.4 Å². The van der Waals surface area contributed by atoms with Gasteiger partial charge in [-0.25, -0.2) is 4.39 Å². The molecule has 0 amide bonds. The van der Waals surface area contributed by atoms with Crippen molar-refractivity contribution >= 4 is 15.9 Å². The number of nitrogens with zero attached hydrogens (tertiary/aromatic N) is 2. The van der Waals surface area contributed by atoms with E-state index < -0.39 is 5.82 Å². The summed E-state index contributed by atoms with van der Waals surface area (Å²) in [5.41, 5.74) is 5.83. The molecule has 0 fully saturated rings. The van der Waals surface area contributed by atoms with Crippen LogP contribution in [0.5, 0.6) is 0 Å². The Hall–Kier alpha value is -1.27. The first-order valence-electron chi connectivity index (χ1n) is 4.62. The third kappa shape index (κ3) is 2.12. The van der Waals surface area contributed by atoms with Gasteiger partial charge in [0.1, 0.15) is 5.82 Å². The Morgan fingerprint density at radius 2 is 2.19 bits per heavy atom. The standard InChI is InChI=1S/C10H9BrFN3O/c1-5(13)9-14-15-10(16-9)7-4-6(11)2-3-8(7)12/h2-5H,13H2,1H3. The van der Waals surface area contributed by atoms with Crippen LogP contribution in [0.2, 0.25) is 0 Å². The van der Waals surface area contributed by atoms with Crippen molar-refractivity contribution in [3.8, 4) is 11.5 Å². The summed E-state index contributed by atoms with van der Waals surface area (Å²) < 4.78 is 19.5. The molecule has 1 unspecified atom stereocenters. The fraction of sp³-hybridized carbons (Fsp3) is 0.200. The van der Waals surface area contributed by atoms with Crippen molar-refractivity contribution < 1.29 is 8.81 Å². The number of hydrogen-bond donors (Lipinski definition) is 1. The van der Waals surface area contributed by atoms with Crippen LogP contribution in [0.3, 0.4) is 0 Å². The Labute approximate surface area is 99.8 Å². The molecule has 6 heteroatoms. The van der Waals surface area contributed by atoms with Crippen molar-refractivity contribution in [2.45, 2.75) is 13.0 Å². The number of benzene rings is 1. The number of hydrogen-bond acceptors (Lipinski definition) is 4. The minimum absolute atomic E-state index is 0.131. The second kappa shape index (κ2) is 4.31. The minimum atomic E-state index is -0.414. The van der Waals surface area contributed by atoms with Gasteiger partial charge in [-0.1, -0.05) is 15.9 Å². The van der Waals surface area contributed by atoms with Gasteiger partial charge in [0.15, 0.2) is 0 Å². The predicted molar refractivity (Wildman–Crippen MR) is 60.0 cm³/mol. The summed E-state index contributed by atoms with van der Waals surface area (Å²) in [5, 5.41) is 7.49. The first kappa shape index (κ1) is 11.2. The number of aromatic nitrogens is 2. The van der Waals surface area contributed by atoms with E-state index in [0.29, 0.717) is 0 Å². The van der Waals surface area contributed by atoms with E-state index >= 15 is 0 Å². The molecule has 2 rings (SSSR count). The van der Waals surface area contributed by atoms with Crippen LogP contribution in [-0.4, -0.2) is 10.2 Å². The van der Waals surface area contributed by atoms with E-state index in [1.165, 1.54) is 6.07 Å². The zero-order valence-corrected chi connectivity index (χ0v) is 10.0. The molecule has 2 N–H and O–H groups in total. The first-order valence-corrected chi connectivity index (χ1v) is 5.41. The summed E-state index contributed by atoms with van der Waals surface area (Å²) in [6, 6.07) is 4.14. The first-order chi connectivity index (χ1) is 7.58. The lowest BCUT2D eigenvalue weighted by molar-refractivity contribution is 0.470. The monoisotopic (exact) mass is 285 g/mol. The Balaban J connectivity index is 2.46. The van der Waals surface area contributed by atoms with Crippen LogP contribution in [0.25, 0.3) is 11.5 Å². The Morgan fingerprint density at radius 3 is 2.81 bits per heavy atom. The van der Waals surface area contributed by atoms with Gasteiger partial charge in [0.05, 0.1) is 11.6 Å². The van der Waals surface area contributed by atoms with Crippen LogP contribution in [-0.2, 0) is 0 Å². The number of rotatable bonds is 2. The molecule has 1 aromatic carbocycles. The van der Waals surface area contributed by atoms with Gasteiger partial charge in [0.25, 0.3) is 5.89 Å². The van der Waals surface area contributed by atoms with Crippen molar-refractivity contribution in [3.63, 3.8) is 0 Å². The topological polar surface area (TPSA) is 64.9 Å². The Kier molecular flexibility index (Phi) is 3.02. The maximum absolute atomic E-state index is 13.5. The summed E-state index contributed by atoms with van der Waals surface area (Å²) >= 11 is 3.25. The summed E-state index contributed by atoms with van der Waals surface area (Å²) in [6.45, 7) is 1.72. The lowest BCUT2D eigenvalue weighted by Crippen LogP contribution is -2.04. The highest BCUT2D eigenvalue weighted by atomic mass is 79.9. The number of halogens is 2. The highest BCUT2D eigenvalue weighted by Crippen LogP contribution is 2.25. The molecule has 0 saturated heterocycles. The largest absolute Gasteiger partial charge is 0.419 e. The molecule has 0 saturated carbocycles. The second-order valence-electron chi connectivity index (χ2n) is 3.36. The molecule has 1 atom stereocenters. The maximum Gasteiger partial charge on any atom is 0.250 e. The van der Waals surface area contributed by atoms with Gasteiger partial charge >= 0.3 is 0 Å². The zero-order valence-electron chi connectivity index (χ0n) is 8.45. The highest BCUT2D eigenvalue weighted by molar-refractivity contribution is 9.10. The molecule has 0 aliphatic rings. The average molecular weight is 286 g/mol. The molecule has 0 aliphatic heterocycles. The fourth-order valence-corrected chi connectivity index (χ4v) is 1.55. The van der Waals surface area contributed by atoms with E-state index in [2.05, 4.69) is 26.1 Å². The molecule has 0 bridgehead atoms. The molecule has 16 heavy (non-hydrogen) atoms. The van der Waals surface area contributed by atoms with Crippen LogP contribution in [0.1, 0.15) is 18.9 Å². The van der Waals surface area contributed by atoms with E-state index in [4.69, 9.17) is 10.2 Å². The summed E-state index contributed by atoms with van der Waals surface area (Å²) in [7, 11) is 0. The highest BCUT2D eigenvalue weighted by Gasteiger charge is 2.15. The zero-order chi connectivity index (χ0) is 11.7.